The van der Waals surface area contributed by atoms with E-state index in [1.165, 1.54) is 0 Å². The number of hydrogen-bond donors (Lipinski definition) is 1. The second-order valence-electron chi connectivity index (χ2n) is 4.29. The van der Waals surface area contributed by atoms with Gasteiger partial charge in [-0.1, -0.05) is 48.0 Å². The Bertz CT molecular complexity index is 426. The zero-order valence-electron chi connectivity index (χ0n) is 11.5. The van der Waals surface area contributed by atoms with E-state index in [-0.39, 0.29) is 6.03 Å². The minimum absolute atomic E-state index is 0.0352. The van der Waals surface area contributed by atoms with Gasteiger partial charge in [0.1, 0.15) is 0 Å². The summed E-state index contributed by atoms with van der Waals surface area (Å²) in [5.74, 6) is 0. The van der Waals surface area contributed by atoms with E-state index < -0.39 is 0 Å². The third-order valence-electron chi connectivity index (χ3n) is 2.65. The van der Waals surface area contributed by atoms with Crippen LogP contribution < -0.4 is 5.32 Å². The van der Waals surface area contributed by atoms with Gasteiger partial charge in [0.15, 0.2) is 0 Å². The third kappa shape index (κ3) is 5.47. The van der Waals surface area contributed by atoms with Crippen LogP contribution in [0.2, 0.25) is 0 Å². The van der Waals surface area contributed by atoms with Crippen LogP contribution in [0.1, 0.15) is 32.3 Å². The Labute approximate surface area is 123 Å². The Morgan fingerprint density at radius 2 is 1.89 bits per heavy atom. The van der Waals surface area contributed by atoms with Crippen molar-refractivity contribution in [1.82, 2.24) is 10.2 Å². The molecule has 4 heteroatoms. The van der Waals surface area contributed by atoms with Crippen molar-refractivity contribution < 1.29 is 4.79 Å². The van der Waals surface area contributed by atoms with Crippen molar-refractivity contribution in [3.63, 3.8) is 0 Å². The summed E-state index contributed by atoms with van der Waals surface area (Å²) < 4.78 is 1.01. The average molecular weight is 325 g/mol. The highest BCUT2D eigenvalue weighted by Crippen LogP contribution is 2.16. The highest BCUT2D eigenvalue weighted by molar-refractivity contribution is 9.10. The Morgan fingerprint density at radius 3 is 2.47 bits per heavy atom. The van der Waals surface area contributed by atoms with E-state index in [1.807, 2.05) is 35.2 Å². The summed E-state index contributed by atoms with van der Waals surface area (Å²) in [4.78, 5) is 13.8. The van der Waals surface area contributed by atoms with Gasteiger partial charge in [0, 0.05) is 23.8 Å². The van der Waals surface area contributed by atoms with E-state index in [4.69, 9.17) is 0 Å². The summed E-state index contributed by atoms with van der Waals surface area (Å²) in [6.07, 6.45) is 5.53. The Morgan fingerprint density at radius 1 is 1.26 bits per heavy atom. The van der Waals surface area contributed by atoms with Gasteiger partial charge in [-0.15, -0.1) is 0 Å². The van der Waals surface area contributed by atoms with Crippen LogP contribution in [0.15, 0.2) is 34.9 Å². The molecule has 1 rings (SSSR count). The molecule has 1 aromatic rings. The summed E-state index contributed by atoms with van der Waals surface area (Å²) in [6, 6.07) is 7.86. The first-order valence-corrected chi connectivity index (χ1v) is 7.44. The largest absolute Gasteiger partial charge is 0.325 e. The van der Waals surface area contributed by atoms with Gasteiger partial charge in [-0.05, 0) is 30.5 Å². The maximum Gasteiger partial charge on any atom is 0.321 e. The fraction of sp³-hybridized carbons (Fsp3) is 0.400. The quantitative estimate of drug-likeness (QED) is 0.833. The van der Waals surface area contributed by atoms with E-state index in [0.29, 0.717) is 0 Å². The molecule has 0 atom stereocenters. The van der Waals surface area contributed by atoms with Crippen LogP contribution in [0.5, 0.6) is 0 Å². The van der Waals surface area contributed by atoms with Crippen LogP contribution in [-0.2, 0) is 0 Å². The predicted molar refractivity (Wildman–Crippen MR) is 83.9 cm³/mol. The zero-order valence-corrected chi connectivity index (χ0v) is 13.1. The number of amides is 2. The summed E-state index contributed by atoms with van der Waals surface area (Å²) in [7, 11) is 0. The molecule has 0 bridgehead atoms. The number of halogens is 1. The molecule has 0 radical (unpaired) electrons. The topological polar surface area (TPSA) is 32.3 Å². The lowest BCUT2D eigenvalue weighted by atomic mass is 10.2. The fourth-order valence-electron chi connectivity index (χ4n) is 1.76. The molecule has 19 heavy (non-hydrogen) atoms. The molecule has 3 nitrogen and oxygen atoms in total. The number of hydrogen-bond acceptors (Lipinski definition) is 1. The molecule has 0 saturated carbocycles. The summed E-state index contributed by atoms with van der Waals surface area (Å²) in [5, 5.41) is 2.81. The number of nitrogens with zero attached hydrogens (tertiary/aromatic N) is 1. The van der Waals surface area contributed by atoms with Crippen LogP contribution in [0, 0.1) is 0 Å². The number of carbonyl (C=O) groups excluding carboxylic acids is 1. The third-order valence-corrected chi connectivity index (χ3v) is 3.37. The number of rotatable bonds is 6. The standard InChI is InChI=1S/C15H21BrN2O/c1-3-11-18(12-4-2)15(19)17-10-9-13-7-5-6-8-14(13)16/h5-10H,3-4,11-12H2,1-2H3,(H,17,19)/b10-9+. The second-order valence-corrected chi connectivity index (χ2v) is 5.15. The molecule has 2 amide bonds. The minimum Gasteiger partial charge on any atom is -0.325 e. The van der Waals surface area contributed by atoms with Crippen molar-refractivity contribution >= 4 is 28.0 Å². The van der Waals surface area contributed by atoms with Crippen molar-refractivity contribution in [2.45, 2.75) is 26.7 Å². The first-order chi connectivity index (χ1) is 9.19. The smallest absolute Gasteiger partial charge is 0.321 e. The molecule has 0 aliphatic heterocycles. The van der Waals surface area contributed by atoms with Crippen molar-refractivity contribution in [3.8, 4) is 0 Å². The van der Waals surface area contributed by atoms with Gasteiger partial charge in [-0.3, -0.25) is 0 Å². The Balaban J connectivity index is 2.55. The van der Waals surface area contributed by atoms with Gasteiger partial charge in [-0.25, -0.2) is 4.79 Å². The maximum absolute atomic E-state index is 12.0. The predicted octanol–water partition coefficient (Wildman–Crippen LogP) is 4.25. The summed E-state index contributed by atoms with van der Waals surface area (Å²) >= 11 is 3.47. The lowest BCUT2D eigenvalue weighted by Crippen LogP contribution is -2.38. The van der Waals surface area contributed by atoms with Crippen LogP contribution in [-0.4, -0.2) is 24.0 Å². The molecule has 0 unspecified atom stereocenters. The second kappa shape index (κ2) is 8.75. The molecule has 104 valence electrons. The zero-order chi connectivity index (χ0) is 14.1. The first-order valence-electron chi connectivity index (χ1n) is 6.65. The molecular weight excluding hydrogens is 304 g/mol. The molecule has 0 aromatic heterocycles. The molecule has 0 heterocycles. The molecule has 0 spiro atoms. The lowest BCUT2D eigenvalue weighted by Gasteiger charge is -2.20. The number of urea groups is 1. The Kier molecular flexibility index (Phi) is 7.26. The highest BCUT2D eigenvalue weighted by atomic mass is 79.9. The summed E-state index contributed by atoms with van der Waals surface area (Å²) in [6.45, 7) is 5.74. The van der Waals surface area contributed by atoms with Gasteiger partial charge in [-0.2, -0.15) is 0 Å². The minimum atomic E-state index is -0.0352. The van der Waals surface area contributed by atoms with Crippen LogP contribution in [0.3, 0.4) is 0 Å². The van der Waals surface area contributed by atoms with E-state index in [9.17, 15) is 4.79 Å². The van der Waals surface area contributed by atoms with Gasteiger partial charge < -0.3 is 10.2 Å². The van der Waals surface area contributed by atoms with Gasteiger partial charge >= 0.3 is 6.03 Å². The van der Waals surface area contributed by atoms with Gasteiger partial charge in [0.25, 0.3) is 0 Å². The first kappa shape index (κ1) is 15.8. The molecule has 0 aliphatic carbocycles. The van der Waals surface area contributed by atoms with Crippen molar-refractivity contribution in [3.05, 3.63) is 40.5 Å². The number of carbonyl (C=O) groups is 1. The number of benzene rings is 1. The van der Waals surface area contributed by atoms with Crippen LogP contribution in [0.4, 0.5) is 4.79 Å². The van der Waals surface area contributed by atoms with Crippen LogP contribution >= 0.6 is 15.9 Å². The van der Waals surface area contributed by atoms with E-state index >= 15 is 0 Å². The van der Waals surface area contributed by atoms with Crippen LogP contribution in [0.25, 0.3) is 6.08 Å². The highest BCUT2D eigenvalue weighted by Gasteiger charge is 2.08. The van der Waals surface area contributed by atoms with Crippen molar-refractivity contribution in [1.29, 1.82) is 0 Å². The van der Waals surface area contributed by atoms with Crippen molar-refractivity contribution in [2.75, 3.05) is 13.1 Å². The van der Waals surface area contributed by atoms with E-state index in [2.05, 4.69) is 35.1 Å². The molecule has 1 N–H and O–H groups in total. The van der Waals surface area contributed by atoms with Gasteiger partial charge in [0.2, 0.25) is 0 Å². The maximum atomic E-state index is 12.0. The summed E-state index contributed by atoms with van der Waals surface area (Å²) in [5.41, 5.74) is 1.04. The van der Waals surface area contributed by atoms with E-state index in [1.54, 1.807) is 6.20 Å². The van der Waals surface area contributed by atoms with Gasteiger partial charge in [0.05, 0.1) is 0 Å². The van der Waals surface area contributed by atoms with E-state index in [0.717, 1.165) is 36.0 Å². The Hall–Kier alpha value is -1.29. The monoisotopic (exact) mass is 324 g/mol. The lowest BCUT2D eigenvalue weighted by molar-refractivity contribution is 0.201. The average Bonchev–Trinajstić information content (AvgIpc) is 2.40. The van der Waals surface area contributed by atoms with Crippen molar-refractivity contribution in [2.24, 2.45) is 0 Å². The normalized spacial score (nSPS) is 10.7. The molecule has 0 saturated heterocycles. The fourth-order valence-corrected chi connectivity index (χ4v) is 2.18. The molecule has 0 fully saturated rings. The SMILES string of the molecule is CCCN(CCC)C(=O)N/C=C/c1ccccc1Br. The number of nitrogens with one attached hydrogen (secondary N) is 1. The molecular formula is C15H21BrN2O. The molecule has 0 aliphatic rings. The molecule has 1 aromatic carbocycles.